The number of pyridine rings is 1. The first-order valence-electron chi connectivity index (χ1n) is 18.5. The van der Waals surface area contributed by atoms with Gasteiger partial charge in [0.15, 0.2) is 5.75 Å². The lowest BCUT2D eigenvalue weighted by molar-refractivity contribution is -0.205. The maximum atomic E-state index is 13.3. The highest BCUT2D eigenvalue weighted by Crippen LogP contribution is 2.35. The monoisotopic (exact) mass is 837 g/mol. The predicted molar refractivity (Wildman–Crippen MR) is 199 cm³/mol. The molecule has 4 aromatic rings. The zero-order valence-electron chi connectivity index (χ0n) is 31.5. The van der Waals surface area contributed by atoms with Gasteiger partial charge < -0.3 is 29.4 Å². The molecule has 12 nitrogen and oxygen atoms in total. The van der Waals surface area contributed by atoms with Gasteiger partial charge in [-0.2, -0.15) is 26.3 Å². The molecule has 2 aromatic heterocycles. The number of H-pyrrole nitrogens is 1. The molecule has 1 spiro atoms. The molecule has 2 aliphatic rings. The molecule has 58 heavy (non-hydrogen) atoms. The second-order valence-electron chi connectivity index (χ2n) is 14.6. The van der Waals surface area contributed by atoms with Crippen LogP contribution in [0.15, 0.2) is 58.7 Å². The molecule has 4 heterocycles. The second kappa shape index (κ2) is 17.6. The molecular formula is C39H41F6N5O7S. The molecule has 6 rings (SSSR count). The van der Waals surface area contributed by atoms with Gasteiger partial charge in [0.2, 0.25) is 5.56 Å². The Hall–Kier alpha value is -4.85. The summed E-state index contributed by atoms with van der Waals surface area (Å²) in [6.07, 6.45) is -10.4. The number of ether oxygens (including phenoxy) is 3. The summed E-state index contributed by atoms with van der Waals surface area (Å²) in [4.78, 5) is 59.8. The van der Waals surface area contributed by atoms with Crippen molar-refractivity contribution in [3.63, 3.8) is 0 Å². The van der Waals surface area contributed by atoms with Crippen LogP contribution in [0.3, 0.4) is 0 Å². The largest absolute Gasteiger partial charge is 0.491 e. The minimum atomic E-state index is -5.37. The molecule has 0 radical (unpaired) electrons. The number of hydrogen-bond donors (Lipinski definition) is 2. The summed E-state index contributed by atoms with van der Waals surface area (Å²) in [7, 11) is 0. The molecule has 1 amide bonds. The molecule has 2 aromatic carbocycles. The molecule has 19 heteroatoms. The number of benzene rings is 2. The van der Waals surface area contributed by atoms with Crippen molar-refractivity contribution in [3.05, 3.63) is 91.7 Å². The molecule has 0 aliphatic carbocycles. The van der Waals surface area contributed by atoms with Gasteiger partial charge in [0.25, 0.3) is 5.91 Å². The Balaban J connectivity index is 1.06. The Labute approximate surface area is 332 Å². The third-order valence-electron chi connectivity index (χ3n) is 10.0. The number of carbonyl (C=O) groups excluding carboxylic acids is 3. The fourth-order valence-corrected chi connectivity index (χ4v) is 7.85. The number of alkyl halides is 6. The summed E-state index contributed by atoms with van der Waals surface area (Å²) in [6.45, 7) is 7.63. The van der Waals surface area contributed by atoms with Crippen LogP contribution in [-0.2, 0) is 32.0 Å². The average molecular weight is 838 g/mol. The van der Waals surface area contributed by atoms with Crippen molar-refractivity contribution < 1.29 is 54.9 Å². The molecule has 1 atom stereocenters. The van der Waals surface area contributed by atoms with E-state index in [1.807, 2.05) is 48.4 Å². The van der Waals surface area contributed by atoms with Gasteiger partial charge in [-0.15, -0.1) is 11.3 Å². The zero-order valence-corrected chi connectivity index (χ0v) is 32.3. The van der Waals surface area contributed by atoms with E-state index in [-0.39, 0.29) is 35.9 Å². The van der Waals surface area contributed by atoms with Crippen molar-refractivity contribution >= 4 is 40.1 Å². The fourth-order valence-electron chi connectivity index (χ4n) is 7.04. The van der Waals surface area contributed by atoms with E-state index >= 15 is 0 Å². The number of aromatic amines is 1. The maximum Gasteiger partial charge on any atom is 0.491 e. The number of likely N-dealkylation sites (tertiary alicyclic amines) is 1. The van der Waals surface area contributed by atoms with E-state index in [2.05, 4.69) is 24.9 Å². The molecule has 2 fully saturated rings. The van der Waals surface area contributed by atoms with Crippen molar-refractivity contribution in [2.75, 3.05) is 45.9 Å². The lowest BCUT2D eigenvalue weighted by Gasteiger charge is -2.47. The number of nitrogens with zero attached hydrogens (tertiary/aromatic N) is 3. The van der Waals surface area contributed by atoms with Crippen LogP contribution in [0.4, 0.5) is 26.3 Å². The number of nitrogens with one attached hydrogen (secondary N) is 2. The maximum absolute atomic E-state index is 13.3. The number of amides is 1. The number of carbonyl (C=O) groups is 3. The lowest BCUT2D eigenvalue weighted by Crippen LogP contribution is -2.58. The average Bonchev–Trinajstić information content (AvgIpc) is 3.68. The number of rotatable bonds is 12. The SMILES string of the molecule is CC(C)c1nc(C(=O)N2CCOC3(CCN(Cc4cccc(CCNC[C@H](OC(=O)C(F)(F)F)c5ccc(OC(=O)C(F)(F)F)c6[nH]c(=O)ccc56)c4)CC3)C2)cs1. The van der Waals surface area contributed by atoms with Gasteiger partial charge in [-0.3, -0.25) is 14.5 Å². The smallest absolute Gasteiger partial charge is 0.449 e. The molecular weight excluding hydrogens is 797 g/mol. The summed E-state index contributed by atoms with van der Waals surface area (Å²) in [5.74, 6) is -5.61. The van der Waals surface area contributed by atoms with E-state index in [1.54, 1.807) is 0 Å². The standard InChI is InChI=1S/C39H41F6N5O7S/c1-23(2)33-47-28(21-58-33)34(52)50-16-17-55-37(22-50)11-14-49(15-12-37)20-25-5-3-4-24(18-25)10-13-46-19-30(57-36(54)39(43,44)45)26-6-8-29(56-35(53)38(40,41)42)32-27(26)7-9-31(51)48-32/h3-9,18,21,23,30,46H,10-17,19-20,22H2,1-2H3,(H,48,51)/t30-/m0/s1. The van der Waals surface area contributed by atoms with Gasteiger partial charge in [0, 0.05) is 61.0 Å². The third-order valence-corrected chi connectivity index (χ3v) is 11.2. The Morgan fingerprint density at radius 1 is 0.983 bits per heavy atom. The predicted octanol–water partition coefficient (Wildman–Crippen LogP) is 6.06. The summed E-state index contributed by atoms with van der Waals surface area (Å²) >= 11 is 1.49. The summed E-state index contributed by atoms with van der Waals surface area (Å²) < 4.78 is 94.2. The van der Waals surface area contributed by atoms with Crippen molar-refractivity contribution in [2.45, 2.75) is 69.6 Å². The number of thiazole rings is 1. The number of halogens is 6. The van der Waals surface area contributed by atoms with Crippen molar-refractivity contribution in [2.24, 2.45) is 0 Å². The Morgan fingerprint density at radius 3 is 2.40 bits per heavy atom. The number of morpholine rings is 1. The molecule has 0 bridgehead atoms. The lowest BCUT2D eigenvalue weighted by atomic mass is 9.89. The van der Waals surface area contributed by atoms with Crippen LogP contribution in [0.2, 0.25) is 0 Å². The molecule has 0 saturated carbocycles. The van der Waals surface area contributed by atoms with E-state index in [4.69, 9.17) is 9.47 Å². The molecule has 2 saturated heterocycles. The first-order valence-corrected chi connectivity index (χ1v) is 19.4. The van der Waals surface area contributed by atoms with Crippen LogP contribution in [0.1, 0.15) is 70.9 Å². The minimum Gasteiger partial charge on any atom is -0.449 e. The Kier molecular flexibility index (Phi) is 12.9. The number of esters is 2. The van der Waals surface area contributed by atoms with Crippen LogP contribution in [-0.4, -0.2) is 101 Å². The highest BCUT2D eigenvalue weighted by molar-refractivity contribution is 7.09. The van der Waals surface area contributed by atoms with Crippen LogP contribution >= 0.6 is 11.3 Å². The van der Waals surface area contributed by atoms with Crippen molar-refractivity contribution in [1.29, 1.82) is 0 Å². The van der Waals surface area contributed by atoms with Crippen molar-refractivity contribution in [1.82, 2.24) is 25.1 Å². The van der Waals surface area contributed by atoms with Gasteiger partial charge in [-0.05, 0) is 49.1 Å². The highest BCUT2D eigenvalue weighted by atomic mass is 32.1. The first kappa shape index (κ1) is 42.7. The van der Waals surface area contributed by atoms with Crippen molar-refractivity contribution in [3.8, 4) is 5.75 Å². The fraction of sp³-hybridized carbons (Fsp3) is 0.462. The first-order chi connectivity index (χ1) is 27.4. The Bertz CT molecular complexity index is 2180. The quantitative estimate of drug-likeness (QED) is 0.0749. The number of fused-ring (bicyclic) bond motifs is 1. The number of hydrogen-bond acceptors (Lipinski definition) is 11. The summed E-state index contributed by atoms with van der Waals surface area (Å²) in [5, 5.41) is 5.63. The van der Waals surface area contributed by atoms with E-state index in [0.717, 1.165) is 66.3 Å². The minimum absolute atomic E-state index is 0.0747. The number of aromatic nitrogens is 2. The van der Waals surface area contributed by atoms with E-state index in [0.29, 0.717) is 38.4 Å². The van der Waals surface area contributed by atoms with Gasteiger partial charge in [0.05, 0.1) is 29.3 Å². The normalized spacial score (nSPS) is 16.8. The summed E-state index contributed by atoms with van der Waals surface area (Å²) in [6, 6.07) is 11.8. The molecule has 0 unspecified atom stereocenters. The van der Waals surface area contributed by atoms with Crippen LogP contribution < -0.4 is 15.6 Å². The third kappa shape index (κ3) is 10.4. The van der Waals surface area contributed by atoms with E-state index in [9.17, 15) is 45.5 Å². The molecule has 2 aliphatic heterocycles. The molecule has 2 N–H and O–H groups in total. The van der Waals surface area contributed by atoms with E-state index < -0.39 is 52.8 Å². The number of piperidine rings is 1. The van der Waals surface area contributed by atoms with Crippen LogP contribution in [0, 0.1) is 0 Å². The van der Waals surface area contributed by atoms with Gasteiger partial charge in [-0.1, -0.05) is 44.2 Å². The molecule has 312 valence electrons. The highest BCUT2D eigenvalue weighted by Gasteiger charge is 2.44. The van der Waals surface area contributed by atoms with Crippen LogP contribution in [0.25, 0.3) is 10.9 Å². The Morgan fingerprint density at radius 2 is 1.71 bits per heavy atom. The zero-order chi connectivity index (χ0) is 41.8. The second-order valence-corrected chi connectivity index (χ2v) is 15.5. The summed E-state index contributed by atoms with van der Waals surface area (Å²) in [5.41, 5.74) is 0.718. The van der Waals surface area contributed by atoms with Gasteiger partial charge >= 0.3 is 24.3 Å². The van der Waals surface area contributed by atoms with Gasteiger partial charge in [-0.25, -0.2) is 14.6 Å². The van der Waals surface area contributed by atoms with Crippen LogP contribution in [0.5, 0.6) is 5.75 Å². The van der Waals surface area contributed by atoms with E-state index in [1.165, 1.54) is 11.3 Å². The van der Waals surface area contributed by atoms with Gasteiger partial charge in [0.1, 0.15) is 11.8 Å². The topological polar surface area (TPSA) is 143 Å².